The van der Waals surface area contributed by atoms with E-state index in [1.54, 1.807) is 4.90 Å². The van der Waals surface area contributed by atoms with E-state index >= 15 is 0 Å². The molecule has 2 N–H and O–H groups in total. The normalized spacial score (nSPS) is 18.4. The molecular weight excluding hydrogens is 240 g/mol. The maximum absolute atomic E-state index is 12.3. The smallest absolute Gasteiger partial charge is 0.414 e. The molecule has 1 heterocycles. The number of nitrogens with two attached hydrogens (primary N) is 1. The molecule has 0 saturated heterocycles. The summed E-state index contributed by atoms with van der Waals surface area (Å²) in [5.74, 6) is 0. The summed E-state index contributed by atoms with van der Waals surface area (Å²) in [6.07, 6.45) is -0.324. The second-order valence-electron chi connectivity index (χ2n) is 6.16. The van der Waals surface area contributed by atoms with E-state index in [-0.39, 0.29) is 12.1 Å². The Hall–Kier alpha value is -1.55. The molecule has 0 aliphatic carbocycles. The Bertz CT molecular complexity index is 518. The van der Waals surface area contributed by atoms with Gasteiger partial charge in [-0.05, 0) is 51.3 Å². The van der Waals surface area contributed by atoms with Gasteiger partial charge in [0.1, 0.15) is 5.60 Å². The summed E-state index contributed by atoms with van der Waals surface area (Å²) in [5, 5.41) is 0. The highest BCUT2D eigenvalue weighted by molar-refractivity contribution is 5.92. The van der Waals surface area contributed by atoms with Crippen LogP contribution in [0.4, 0.5) is 10.5 Å². The van der Waals surface area contributed by atoms with Crippen LogP contribution >= 0.6 is 0 Å². The van der Waals surface area contributed by atoms with Crippen molar-refractivity contribution in [1.29, 1.82) is 0 Å². The molecule has 1 atom stereocenters. The molecule has 1 aromatic carbocycles. The van der Waals surface area contributed by atoms with E-state index in [4.69, 9.17) is 10.5 Å². The van der Waals surface area contributed by atoms with Gasteiger partial charge in [-0.15, -0.1) is 0 Å². The molecule has 0 spiro atoms. The zero-order chi connectivity index (χ0) is 14.4. The first-order valence-corrected chi connectivity index (χ1v) is 6.57. The molecule has 4 nitrogen and oxygen atoms in total. The highest BCUT2D eigenvalue weighted by Crippen LogP contribution is 2.39. The fourth-order valence-electron chi connectivity index (χ4n) is 2.51. The summed E-state index contributed by atoms with van der Waals surface area (Å²) in [6.45, 7) is 10.1. The molecule has 0 aromatic heterocycles. The zero-order valence-electron chi connectivity index (χ0n) is 12.3. The first kappa shape index (κ1) is 13.9. The molecule has 4 heteroatoms. The van der Waals surface area contributed by atoms with E-state index < -0.39 is 5.60 Å². The van der Waals surface area contributed by atoms with Crippen LogP contribution in [0, 0.1) is 13.8 Å². The van der Waals surface area contributed by atoms with Crippen LogP contribution in [0.3, 0.4) is 0 Å². The summed E-state index contributed by atoms with van der Waals surface area (Å²) >= 11 is 0. The molecule has 1 aliphatic rings. The van der Waals surface area contributed by atoms with Crippen molar-refractivity contribution in [2.45, 2.75) is 46.3 Å². The van der Waals surface area contributed by atoms with E-state index in [1.165, 1.54) is 0 Å². The molecule has 19 heavy (non-hydrogen) atoms. The fourth-order valence-corrected chi connectivity index (χ4v) is 2.51. The number of aryl methyl sites for hydroxylation is 2. The van der Waals surface area contributed by atoms with Gasteiger partial charge in [-0.25, -0.2) is 4.79 Å². The first-order chi connectivity index (χ1) is 8.70. The van der Waals surface area contributed by atoms with Crippen molar-refractivity contribution in [1.82, 2.24) is 0 Å². The molecule has 2 rings (SSSR count). The Morgan fingerprint density at radius 3 is 2.47 bits per heavy atom. The Morgan fingerprint density at radius 2 is 1.89 bits per heavy atom. The lowest BCUT2D eigenvalue weighted by molar-refractivity contribution is 0.0582. The van der Waals surface area contributed by atoms with Gasteiger partial charge < -0.3 is 10.5 Å². The SMILES string of the molecule is Cc1ccc(C)c2c1C(N)CN2C(=O)OC(C)(C)C. The van der Waals surface area contributed by atoms with Crippen molar-refractivity contribution < 1.29 is 9.53 Å². The number of fused-ring (bicyclic) bond motifs is 1. The quantitative estimate of drug-likeness (QED) is 0.781. The number of anilines is 1. The Balaban J connectivity index is 2.39. The Kier molecular flexibility index (Phi) is 3.31. The van der Waals surface area contributed by atoms with Gasteiger partial charge in [0, 0.05) is 6.54 Å². The molecule has 0 fully saturated rings. The molecule has 1 aliphatic heterocycles. The number of ether oxygens (including phenoxy) is 1. The summed E-state index contributed by atoms with van der Waals surface area (Å²) in [7, 11) is 0. The zero-order valence-corrected chi connectivity index (χ0v) is 12.3. The van der Waals surface area contributed by atoms with Gasteiger partial charge >= 0.3 is 6.09 Å². The molecule has 0 radical (unpaired) electrons. The first-order valence-electron chi connectivity index (χ1n) is 6.57. The van der Waals surface area contributed by atoms with Crippen LogP contribution in [-0.4, -0.2) is 18.2 Å². The van der Waals surface area contributed by atoms with E-state index in [0.717, 1.165) is 22.4 Å². The van der Waals surface area contributed by atoms with E-state index in [2.05, 4.69) is 0 Å². The lowest BCUT2D eigenvalue weighted by Gasteiger charge is -2.25. The van der Waals surface area contributed by atoms with Crippen molar-refractivity contribution in [3.05, 3.63) is 28.8 Å². The standard InChI is InChI=1S/C15H22N2O2/c1-9-6-7-10(2)13-12(9)11(16)8-17(13)14(18)19-15(3,4)5/h6-7,11H,8,16H2,1-5H3. The van der Waals surface area contributed by atoms with Crippen molar-refractivity contribution in [3.63, 3.8) is 0 Å². The van der Waals surface area contributed by atoms with Crippen LogP contribution in [0.2, 0.25) is 0 Å². The molecule has 0 bridgehead atoms. The molecule has 1 amide bonds. The fraction of sp³-hybridized carbons (Fsp3) is 0.533. The maximum atomic E-state index is 12.3. The summed E-state index contributed by atoms with van der Waals surface area (Å²) in [4.78, 5) is 13.9. The summed E-state index contributed by atoms with van der Waals surface area (Å²) in [6, 6.07) is 3.93. The Labute approximate surface area is 114 Å². The molecule has 0 saturated carbocycles. The van der Waals surface area contributed by atoms with Gasteiger partial charge in [-0.3, -0.25) is 4.90 Å². The number of carbonyl (C=O) groups excluding carboxylic acids is 1. The number of carbonyl (C=O) groups is 1. The predicted molar refractivity (Wildman–Crippen MR) is 76.4 cm³/mol. The highest BCUT2D eigenvalue weighted by Gasteiger charge is 2.35. The monoisotopic (exact) mass is 262 g/mol. The van der Waals surface area contributed by atoms with Crippen LogP contribution < -0.4 is 10.6 Å². The maximum Gasteiger partial charge on any atom is 0.414 e. The van der Waals surface area contributed by atoms with Crippen molar-refractivity contribution in [2.24, 2.45) is 5.73 Å². The topological polar surface area (TPSA) is 55.6 Å². The van der Waals surface area contributed by atoms with Gasteiger partial charge in [0.05, 0.1) is 11.7 Å². The van der Waals surface area contributed by atoms with E-state index in [9.17, 15) is 4.79 Å². The van der Waals surface area contributed by atoms with Crippen LogP contribution in [0.5, 0.6) is 0 Å². The lowest BCUT2D eigenvalue weighted by atomic mass is 10.0. The molecule has 1 unspecified atom stereocenters. The third-order valence-corrected chi connectivity index (χ3v) is 3.27. The summed E-state index contributed by atoms with van der Waals surface area (Å²) < 4.78 is 5.45. The average Bonchev–Trinajstić information content (AvgIpc) is 2.61. The molecular formula is C15H22N2O2. The average molecular weight is 262 g/mol. The molecule has 1 aromatic rings. The number of hydrogen-bond donors (Lipinski definition) is 1. The highest BCUT2D eigenvalue weighted by atomic mass is 16.6. The van der Waals surface area contributed by atoms with Gasteiger partial charge in [-0.2, -0.15) is 0 Å². The van der Waals surface area contributed by atoms with Crippen molar-refractivity contribution in [2.75, 3.05) is 11.4 Å². The second-order valence-corrected chi connectivity index (χ2v) is 6.16. The van der Waals surface area contributed by atoms with Crippen molar-refractivity contribution >= 4 is 11.8 Å². The van der Waals surface area contributed by atoms with Gasteiger partial charge in [0.15, 0.2) is 0 Å². The van der Waals surface area contributed by atoms with E-state index in [1.807, 2.05) is 46.8 Å². The van der Waals surface area contributed by atoms with Crippen LogP contribution in [0.25, 0.3) is 0 Å². The number of benzene rings is 1. The Morgan fingerprint density at radius 1 is 1.32 bits per heavy atom. The van der Waals surface area contributed by atoms with Crippen LogP contribution in [-0.2, 0) is 4.74 Å². The van der Waals surface area contributed by atoms with Gasteiger partial charge in [-0.1, -0.05) is 12.1 Å². The lowest BCUT2D eigenvalue weighted by Crippen LogP contribution is -2.37. The number of hydrogen-bond acceptors (Lipinski definition) is 3. The van der Waals surface area contributed by atoms with Crippen LogP contribution in [0.15, 0.2) is 12.1 Å². The number of amides is 1. The minimum Gasteiger partial charge on any atom is -0.443 e. The van der Waals surface area contributed by atoms with Crippen molar-refractivity contribution in [3.8, 4) is 0 Å². The largest absolute Gasteiger partial charge is 0.443 e. The third kappa shape index (κ3) is 2.59. The summed E-state index contributed by atoms with van der Waals surface area (Å²) in [5.41, 5.74) is 9.82. The number of rotatable bonds is 0. The third-order valence-electron chi connectivity index (χ3n) is 3.27. The van der Waals surface area contributed by atoms with Gasteiger partial charge in [0.2, 0.25) is 0 Å². The predicted octanol–water partition coefficient (Wildman–Crippen LogP) is 3.06. The molecule has 104 valence electrons. The minimum absolute atomic E-state index is 0.137. The van der Waals surface area contributed by atoms with E-state index in [0.29, 0.717) is 6.54 Å². The number of nitrogens with zero attached hydrogens (tertiary/aromatic N) is 1. The van der Waals surface area contributed by atoms with Gasteiger partial charge in [0.25, 0.3) is 0 Å². The van der Waals surface area contributed by atoms with Crippen LogP contribution in [0.1, 0.15) is 43.5 Å². The minimum atomic E-state index is -0.498. The second kappa shape index (κ2) is 4.53.